The maximum absolute atomic E-state index is 13.4. The molecule has 5 heteroatoms. The highest BCUT2D eigenvalue weighted by molar-refractivity contribution is 6.08. The number of carbonyl (C=O) groups is 3. The minimum absolute atomic E-state index is 0.0783. The highest BCUT2D eigenvalue weighted by atomic mass is 16.2. The number of carbonyl (C=O) groups excluding carboxylic acids is 3. The van der Waals surface area contributed by atoms with E-state index in [1.807, 2.05) is 78.9 Å². The fourth-order valence-electron chi connectivity index (χ4n) is 4.05. The normalized spacial score (nSPS) is 11.6. The average Bonchev–Trinajstić information content (AvgIpc) is 2.90. The maximum atomic E-state index is 13.4. The van der Waals surface area contributed by atoms with E-state index in [0.717, 1.165) is 16.7 Å². The summed E-state index contributed by atoms with van der Waals surface area (Å²) < 4.78 is 0. The number of hydrogen-bond donors (Lipinski definition) is 2. The summed E-state index contributed by atoms with van der Waals surface area (Å²) in [5, 5.41) is 2.84. The van der Waals surface area contributed by atoms with E-state index in [1.165, 1.54) is 0 Å². The monoisotopic (exact) mass is 462 g/mol. The number of amides is 2. The van der Waals surface area contributed by atoms with Crippen molar-refractivity contribution in [3.05, 3.63) is 143 Å². The standard InChI is InChI=1S/C30H26N2O3/c31-29(34)26(20-21-16-18-25(19-17-21)28(33)24-14-8-3-9-15-24)32-30(35)27(22-10-4-1-5-11-22)23-12-6-2-7-13-23/h1-19,26-27H,20H2,(H2,31,34)(H,32,35)/t26-/m0/s1. The van der Waals surface area contributed by atoms with Crippen molar-refractivity contribution >= 4 is 17.6 Å². The molecule has 0 spiro atoms. The number of hydrogen-bond acceptors (Lipinski definition) is 3. The number of nitrogens with one attached hydrogen (secondary N) is 1. The Labute approximate surface area is 204 Å². The number of benzene rings is 4. The van der Waals surface area contributed by atoms with Gasteiger partial charge in [-0.3, -0.25) is 14.4 Å². The van der Waals surface area contributed by atoms with Crippen LogP contribution in [-0.4, -0.2) is 23.6 Å². The third-order valence-electron chi connectivity index (χ3n) is 5.88. The molecule has 0 bridgehead atoms. The molecule has 0 saturated heterocycles. The molecule has 3 N–H and O–H groups in total. The van der Waals surface area contributed by atoms with Crippen molar-refractivity contribution in [3.8, 4) is 0 Å². The third-order valence-corrected chi connectivity index (χ3v) is 5.88. The van der Waals surface area contributed by atoms with Crippen LogP contribution in [0.25, 0.3) is 0 Å². The molecule has 0 aliphatic heterocycles. The molecule has 0 aliphatic carbocycles. The van der Waals surface area contributed by atoms with Gasteiger partial charge in [-0.25, -0.2) is 0 Å². The topological polar surface area (TPSA) is 89.3 Å². The van der Waals surface area contributed by atoms with E-state index in [4.69, 9.17) is 5.73 Å². The molecule has 0 fully saturated rings. The smallest absolute Gasteiger partial charge is 0.240 e. The van der Waals surface area contributed by atoms with E-state index in [0.29, 0.717) is 11.1 Å². The fourth-order valence-corrected chi connectivity index (χ4v) is 4.05. The Bertz CT molecular complexity index is 1250. The summed E-state index contributed by atoms with van der Waals surface area (Å²) in [7, 11) is 0. The van der Waals surface area contributed by atoms with Crippen molar-refractivity contribution in [3.63, 3.8) is 0 Å². The zero-order valence-electron chi connectivity index (χ0n) is 19.1. The molecule has 0 aromatic heterocycles. The summed E-state index contributed by atoms with van der Waals surface area (Å²) in [5.74, 6) is -1.58. The highest BCUT2D eigenvalue weighted by Crippen LogP contribution is 2.25. The molecule has 2 amide bonds. The molecule has 1 atom stereocenters. The first-order valence-electron chi connectivity index (χ1n) is 11.4. The van der Waals surface area contributed by atoms with Crippen molar-refractivity contribution in [2.45, 2.75) is 18.4 Å². The minimum Gasteiger partial charge on any atom is -0.368 e. The summed E-state index contributed by atoms with van der Waals surface area (Å²) in [5.41, 5.74) is 9.24. The molecule has 0 heterocycles. The Kier molecular flexibility index (Phi) is 7.48. The van der Waals surface area contributed by atoms with E-state index in [-0.39, 0.29) is 18.1 Å². The molecule has 0 saturated carbocycles. The van der Waals surface area contributed by atoms with Gasteiger partial charge in [-0.15, -0.1) is 0 Å². The molecule has 35 heavy (non-hydrogen) atoms. The van der Waals surface area contributed by atoms with Gasteiger partial charge in [-0.1, -0.05) is 115 Å². The quantitative estimate of drug-likeness (QED) is 0.364. The number of ketones is 1. The Morgan fingerprint density at radius 3 is 1.57 bits per heavy atom. The molecule has 4 aromatic rings. The second-order valence-corrected chi connectivity index (χ2v) is 8.31. The van der Waals surface area contributed by atoms with Gasteiger partial charge in [0.1, 0.15) is 6.04 Å². The van der Waals surface area contributed by atoms with Crippen LogP contribution < -0.4 is 11.1 Å². The van der Waals surface area contributed by atoms with Crippen LogP contribution in [0.3, 0.4) is 0 Å². The molecule has 0 unspecified atom stereocenters. The number of primary amides is 1. The maximum Gasteiger partial charge on any atom is 0.240 e. The van der Waals surface area contributed by atoms with Gasteiger partial charge in [0.05, 0.1) is 5.92 Å². The summed E-state index contributed by atoms with van der Waals surface area (Å²) in [6, 6.07) is 34.0. The van der Waals surface area contributed by atoms with E-state index >= 15 is 0 Å². The molecule has 0 aliphatic rings. The number of nitrogens with two attached hydrogens (primary N) is 1. The summed E-state index contributed by atoms with van der Waals surface area (Å²) in [6.45, 7) is 0. The van der Waals surface area contributed by atoms with Gasteiger partial charge in [0.25, 0.3) is 0 Å². The van der Waals surface area contributed by atoms with Crippen molar-refractivity contribution in [1.82, 2.24) is 5.32 Å². The van der Waals surface area contributed by atoms with Crippen LogP contribution in [0.4, 0.5) is 0 Å². The first-order chi connectivity index (χ1) is 17.0. The lowest BCUT2D eigenvalue weighted by molar-refractivity contribution is -0.127. The first-order valence-corrected chi connectivity index (χ1v) is 11.4. The summed E-state index contributed by atoms with van der Waals surface area (Å²) >= 11 is 0. The van der Waals surface area contributed by atoms with Crippen molar-refractivity contribution in [2.24, 2.45) is 5.73 Å². The number of rotatable bonds is 9. The van der Waals surface area contributed by atoms with Crippen LogP contribution >= 0.6 is 0 Å². The zero-order chi connectivity index (χ0) is 24.6. The lowest BCUT2D eigenvalue weighted by atomic mass is 9.90. The van der Waals surface area contributed by atoms with Gasteiger partial charge >= 0.3 is 0 Å². The molecule has 4 aromatic carbocycles. The second kappa shape index (κ2) is 11.1. The predicted octanol–water partition coefficient (Wildman–Crippen LogP) is 4.26. The van der Waals surface area contributed by atoms with Crippen LogP contribution in [0, 0.1) is 0 Å². The minimum atomic E-state index is -0.895. The van der Waals surface area contributed by atoms with Gasteiger partial charge in [0.2, 0.25) is 11.8 Å². The van der Waals surface area contributed by atoms with Crippen LogP contribution in [0.1, 0.15) is 38.5 Å². The van der Waals surface area contributed by atoms with E-state index in [9.17, 15) is 14.4 Å². The third kappa shape index (κ3) is 5.89. The molecule has 5 nitrogen and oxygen atoms in total. The average molecular weight is 463 g/mol. The Balaban J connectivity index is 1.51. The first kappa shape index (κ1) is 23.6. The summed E-state index contributed by atoms with van der Waals surface area (Å²) in [4.78, 5) is 38.3. The van der Waals surface area contributed by atoms with Crippen LogP contribution in [0.5, 0.6) is 0 Å². The lowest BCUT2D eigenvalue weighted by Crippen LogP contribution is -2.47. The van der Waals surface area contributed by atoms with E-state index in [2.05, 4.69) is 5.32 Å². The Morgan fingerprint density at radius 2 is 1.09 bits per heavy atom. The van der Waals surface area contributed by atoms with Gasteiger partial charge in [0.15, 0.2) is 5.78 Å². The van der Waals surface area contributed by atoms with E-state index < -0.39 is 17.9 Å². The van der Waals surface area contributed by atoms with Crippen LogP contribution in [0.2, 0.25) is 0 Å². The van der Waals surface area contributed by atoms with Gasteiger partial charge in [0, 0.05) is 17.5 Å². The zero-order valence-corrected chi connectivity index (χ0v) is 19.1. The van der Waals surface area contributed by atoms with Gasteiger partial charge in [-0.2, -0.15) is 0 Å². The predicted molar refractivity (Wildman–Crippen MR) is 136 cm³/mol. The van der Waals surface area contributed by atoms with Gasteiger partial charge in [-0.05, 0) is 16.7 Å². The van der Waals surface area contributed by atoms with Crippen LogP contribution in [-0.2, 0) is 16.0 Å². The molecular formula is C30H26N2O3. The van der Waals surface area contributed by atoms with Crippen LogP contribution in [0.15, 0.2) is 115 Å². The van der Waals surface area contributed by atoms with Crippen molar-refractivity contribution in [2.75, 3.05) is 0 Å². The molecule has 174 valence electrons. The Morgan fingerprint density at radius 1 is 0.629 bits per heavy atom. The van der Waals surface area contributed by atoms with Crippen molar-refractivity contribution < 1.29 is 14.4 Å². The highest BCUT2D eigenvalue weighted by Gasteiger charge is 2.27. The van der Waals surface area contributed by atoms with Crippen molar-refractivity contribution in [1.29, 1.82) is 0 Å². The molecular weight excluding hydrogens is 436 g/mol. The SMILES string of the molecule is NC(=O)[C@H](Cc1ccc(C(=O)c2ccccc2)cc1)NC(=O)C(c1ccccc1)c1ccccc1. The van der Waals surface area contributed by atoms with E-state index in [1.54, 1.807) is 36.4 Å². The second-order valence-electron chi connectivity index (χ2n) is 8.31. The molecule has 4 rings (SSSR count). The van der Waals surface area contributed by atoms with Gasteiger partial charge < -0.3 is 11.1 Å². The lowest BCUT2D eigenvalue weighted by Gasteiger charge is -2.22. The Hall–Kier alpha value is -4.51. The fraction of sp³-hybridized carbons (Fsp3) is 0.100. The largest absolute Gasteiger partial charge is 0.368 e. The molecule has 0 radical (unpaired) electrons. The summed E-state index contributed by atoms with van der Waals surface area (Å²) in [6.07, 6.45) is 0.219.